The number of alkyl halides is 3. The summed E-state index contributed by atoms with van der Waals surface area (Å²) in [7, 11) is -3.76. The molecular formula is C39H46F4N8O5S. The third-order valence-electron chi connectivity index (χ3n) is 11.6. The number of carbonyl (C=O) groups excluding carboxylic acids is 3. The number of anilines is 2. The summed E-state index contributed by atoms with van der Waals surface area (Å²) >= 11 is 0. The van der Waals surface area contributed by atoms with Gasteiger partial charge in [-0.05, 0) is 106 Å². The van der Waals surface area contributed by atoms with Crippen LogP contribution in [0.15, 0.2) is 59.8 Å². The minimum atomic E-state index is -4.52. The number of benzene rings is 2. The van der Waals surface area contributed by atoms with E-state index in [4.69, 9.17) is 0 Å². The summed E-state index contributed by atoms with van der Waals surface area (Å²) < 4.78 is 82.3. The Morgan fingerprint density at radius 2 is 1.58 bits per heavy atom. The number of rotatable bonds is 10. The van der Waals surface area contributed by atoms with Gasteiger partial charge in [0.1, 0.15) is 11.9 Å². The largest absolute Gasteiger partial charge is 0.419 e. The maximum atomic E-state index is 15.1. The Bertz CT molecular complexity index is 2050. The Morgan fingerprint density at radius 3 is 2.23 bits per heavy atom. The maximum absolute atomic E-state index is 15.1. The van der Waals surface area contributed by atoms with Crippen LogP contribution in [0.3, 0.4) is 0 Å². The van der Waals surface area contributed by atoms with Crippen LogP contribution in [0.25, 0.3) is 0 Å². The molecule has 13 nitrogen and oxygen atoms in total. The predicted molar refractivity (Wildman–Crippen MR) is 202 cm³/mol. The van der Waals surface area contributed by atoms with Gasteiger partial charge >= 0.3 is 6.18 Å². The van der Waals surface area contributed by atoms with Crippen LogP contribution in [0.5, 0.6) is 0 Å². The Kier molecular flexibility index (Phi) is 12.1. The first-order valence-corrected chi connectivity index (χ1v) is 20.8. The number of hydrogen-bond donors (Lipinski definition) is 3. The minimum absolute atomic E-state index is 0.0716. The van der Waals surface area contributed by atoms with Crippen LogP contribution in [-0.4, -0.2) is 103 Å². The molecular weight excluding hydrogens is 769 g/mol. The first-order chi connectivity index (χ1) is 27.2. The number of carbonyl (C=O) groups is 3. The van der Waals surface area contributed by atoms with Crippen molar-refractivity contribution in [1.82, 2.24) is 29.8 Å². The first-order valence-electron chi connectivity index (χ1n) is 19.4. The van der Waals surface area contributed by atoms with Gasteiger partial charge < -0.3 is 20.4 Å². The van der Waals surface area contributed by atoms with Crippen molar-refractivity contribution in [2.75, 3.05) is 56.0 Å². The van der Waals surface area contributed by atoms with E-state index in [0.29, 0.717) is 18.8 Å². The van der Waals surface area contributed by atoms with E-state index in [1.165, 1.54) is 16.4 Å². The highest BCUT2D eigenvalue weighted by Gasteiger charge is 2.34. The van der Waals surface area contributed by atoms with Gasteiger partial charge in [-0.2, -0.15) is 17.5 Å². The van der Waals surface area contributed by atoms with Gasteiger partial charge in [-0.1, -0.05) is 12.1 Å². The molecule has 1 atom stereocenters. The number of nitrogens with zero attached hydrogens (tertiary/aromatic N) is 5. The molecule has 1 aromatic heterocycles. The van der Waals surface area contributed by atoms with Crippen molar-refractivity contribution < 1.29 is 40.4 Å². The van der Waals surface area contributed by atoms with Crippen LogP contribution in [-0.2, 0) is 25.8 Å². The van der Waals surface area contributed by atoms with Crippen LogP contribution < -0.4 is 20.9 Å². The minimum Gasteiger partial charge on any atom is -0.371 e. The van der Waals surface area contributed by atoms with Gasteiger partial charge in [0.2, 0.25) is 27.8 Å². The lowest BCUT2D eigenvalue weighted by atomic mass is 9.87. The molecule has 7 rings (SSSR count). The number of amides is 3. The molecule has 2 aromatic carbocycles. The van der Waals surface area contributed by atoms with Gasteiger partial charge in [0, 0.05) is 63.3 Å². The molecule has 4 aliphatic heterocycles. The third-order valence-corrected chi connectivity index (χ3v) is 13.5. The van der Waals surface area contributed by atoms with Crippen molar-refractivity contribution in [2.45, 2.75) is 80.4 Å². The van der Waals surface area contributed by atoms with Crippen molar-refractivity contribution in [3.05, 3.63) is 77.4 Å². The van der Waals surface area contributed by atoms with E-state index in [1.54, 1.807) is 24.3 Å². The fourth-order valence-corrected chi connectivity index (χ4v) is 9.70. The molecule has 3 aromatic rings. The maximum Gasteiger partial charge on any atom is 0.419 e. The summed E-state index contributed by atoms with van der Waals surface area (Å²) in [6, 6.07) is 10.7. The average Bonchev–Trinajstić information content (AvgIpc) is 3.19. The number of likely N-dealkylation sites (tertiary alicyclic amines) is 1. The zero-order valence-corrected chi connectivity index (χ0v) is 32.1. The van der Waals surface area contributed by atoms with Crippen LogP contribution in [0.2, 0.25) is 0 Å². The molecule has 0 aliphatic carbocycles. The highest BCUT2D eigenvalue weighted by atomic mass is 32.2. The quantitative estimate of drug-likeness (QED) is 0.196. The van der Waals surface area contributed by atoms with Crippen molar-refractivity contribution in [3.63, 3.8) is 0 Å². The van der Waals surface area contributed by atoms with E-state index in [9.17, 15) is 36.0 Å². The highest BCUT2D eigenvalue weighted by molar-refractivity contribution is 7.89. The number of aromatic nitrogens is 2. The SMILES string of the molecule is O=C1CCC(NC(=O)c2ccc(C3CCN(CC4CCN(c5cccc(S(=O)(=O)N6CCC(Nc7ncc(C(F)(F)F)cn7)CC6)c5)CC4)CC3)cc2F)C(=O)N1. The first kappa shape index (κ1) is 40.5. The molecule has 4 aliphatic rings. The Balaban J connectivity index is 0.845. The van der Waals surface area contributed by atoms with Crippen molar-refractivity contribution in [1.29, 1.82) is 0 Å². The predicted octanol–water partition coefficient (Wildman–Crippen LogP) is 4.53. The van der Waals surface area contributed by atoms with Gasteiger partial charge in [-0.3, -0.25) is 19.7 Å². The van der Waals surface area contributed by atoms with Crippen LogP contribution in [0.4, 0.5) is 29.2 Å². The molecule has 306 valence electrons. The summed E-state index contributed by atoms with van der Waals surface area (Å²) in [5.41, 5.74) is 0.634. The van der Waals surface area contributed by atoms with Crippen LogP contribution in [0, 0.1) is 11.7 Å². The van der Waals surface area contributed by atoms with E-state index in [2.05, 4.69) is 35.7 Å². The summed E-state index contributed by atoms with van der Waals surface area (Å²) in [5, 5.41) is 7.73. The van der Waals surface area contributed by atoms with Gasteiger partial charge in [0.25, 0.3) is 5.91 Å². The molecule has 4 fully saturated rings. The fourth-order valence-electron chi connectivity index (χ4n) is 8.19. The summed E-state index contributed by atoms with van der Waals surface area (Å²) in [5.74, 6) is -1.58. The number of hydrogen-bond acceptors (Lipinski definition) is 10. The number of piperidine rings is 4. The van der Waals surface area contributed by atoms with E-state index < -0.39 is 51.3 Å². The molecule has 57 heavy (non-hydrogen) atoms. The van der Waals surface area contributed by atoms with E-state index >= 15 is 4.39 Å². The molecule has 18 heteroatoms. The number of halogens is 4. The Morgan fingerprint density at radius 1 is 0.877 bits per heavy atom. The number of nitrogens with one attached hydrogen (secondary N) is 3. The summed E-state index contributed by atoms with van der Waals surface area (Å²) in [6.45, 7) is 4.82. The number of sulfonamides is 1. The van der Waals surface area contributed by atoms with Gasteiger partial charge in [0.05, 0.1) is 16.0 Å². The molecule has 5 heterocycles. The van der Waals surface area contributed by atoms with E-state index in [1.807, 2.05) is 6.07 Å². The van der Waals surface area contributed by atoms with Crippen molar-refractivity contribution in [3.8, 4) is 0 Å². The molecule has 4 saturated heterocycles. The molecule has 1 unspecified atom stereocenters. The average molecular weight is 815 g/mol. The highest BCUT2D eigenvalue weighted by Crippen LogP contribution is 2.33. The smallest absolute Gasteiger partial charge is 0.371 e. The molecule has 0 spiro atoms. The zero-order chi connectivity index (χ0) is 40.3. The van der Waals surface area contributed by atoms with Crippen molar-refractivity contribution >= 4 is 39.4 Å². The van der Waals surface area contributed by atoms with E-state index in [-0.39, 0.29) is 54.3 Å². The molecule has 0 bridgehead atoms. The van der Waals surface area contributed by atoms with Gasteiger partial charge in [-0.15, -0.1) is 0 Å². The van der Waals surface area contributed by atoms with Gasteiger partial charge in [-0.25, -0.2) is 22.8 Å². The molecule has 3 N–H and O–H groups in total. The second-order valence-corrected chi connectivity index (χ2v) is 17.3. The van der Waals surface area contributed by atoms with Crippen molar-refractivity contribution in [2.24, 2.45) is 5.92 Å². The molecule has 0 radical (unpaired) electrons. The third kappa shape index (κ3) is 9.72. The normalized spacial score (nSPS) is 21.3. The lowest BCUT2D eigenvalue weighted by molar-refractivity contribution is -0.138. The monoisotopic (exact) mass is 814 g/mol. The number of imide groups is 1. The van der Waals surface area contributed by atoms with Gasteiger partial charge in [0.15, 0.2) is 0 Å². The lowest BCUT2D eigenvalue weighted by Gasteiger charge is -2.38. The Hall–Kier alpha value is -4.68. The summed E-state index contributed by atoms with van der Waals surface area (Å²) in [4.78, 5) is 48.5. The fraction of sp³-hybridized carbons (Fsp3) is 0.513. The Labute approximate surface area is 328 Å². The molecule has 0 saturated carbocycles. The van der Waals surface area contributed by atoms with E-state index in [0.717, 1.165) is 82.1 Å². The molecule has 3 amide bonds. The van der Waals surface area contributed by atoms with Crippen LogP contribution in [0.1, 0.15) is 78.8 Å². The summed E-state index contributed by atoms with van der Waals surface area (Å²) in [6.07, 6.45) is 1.79. The standard InChI is InChI=1S/C39H46F4N8O5S/c40-33-20-27(4-5-32(33)36(53)47-34-6-7-35(52)48-37(34)54)26-10-14-49(15-11-26)24-25-8-16-50(17-9-25)30-2-1-3-31(21-30)57(55,56)51-18-12-29(13-19-51)46-38-44-22-28(23-45-38)39(41,42)43/h1-5,20-23,25-26,29,34H,6-19,24H2,(H,47,53)(H,44,45,46)(H,48,52,54). The second-order valence-electron chi connectivity index (χ2n) is 15.3. The second kappa shape index (κ2) is 17.0. The zero-order valence-electron chi connectivity index (χ0n) is 31.3. The lowest BCUT2D eigenvalue weighted by Crippen LogP contribution is -2.52. The van der Waals surface area contributed by atoms with Crippen LogP contribution >= 0.6 is 0 Å². The topological polar surface area (TPSA) is 157 Å².